The Morgan fingerprint density at radius 3 is 2.33 bits per heavy atom. The van der Waals surface area contributed by atoms with Crippen LogP contribution in [0, 0.1) is 0 Å². The van der Waals surface area contributed by atoms with Crippen molar-refractivity contribution in [3.63, 3.8) is 0 Å². The van der Waals surface area contributed by atoms with Crippen LogP contribution in [0.25, 0.3) is 6.08 Å². The minimum Gasteiger partial charge on any atom is -1.00 e. The fourth-order valence-electron chi connectivity index (χ4n) is 4.05. The van der Waals surface area contributed by atoms with Crippen molar-refractivity contribution < 1.29 is 33.3 Å². The Balaban J connectivity index is 0.00000320. The third-order valence-corrected chi connectivity index (χ3v) is 6.48. The zero-order valence-corrected chi connectivity index (χ0v) is 21.2. The zero-order chi connectivity index (χ0) is 20.9. The summed E-state index contributed by atoms with van der Waals surface area (Å²) in [4.78, 5) is 12.2. The van der Waals surface area contributed by atoms with Crippen LogP contribution in [0.2, 0.25) is 10.0 Å². The Morgan fingerprint density at radius 2 is 1.70 bits per heavy atom. The molecule has 2 aromatic carbocycles. The second-order valence-corrected chi connectivity index (χ2v) is 9.24. The summed E-state index contributed by atoms with van der Waals surface area (Å²) in [7, 11) is 4.67. The molecule has 0 bridgehead atoms. The molecule has 2 aromatic rings. The average Bonchev–Trinajstić information content (AvgIpc) is 2.71. The lowest BCUT2D eigenvalue weighted by molar-refractivity contribution is -0.929. The topological polar surface area (TPSA) is 29.1 Å². The van der Waals surface area contributed by atoms with E-state index in [0.29, 0.717) is 10.0 Å². The molecule has 0 spiro atoms. The van der Waals surface area contributed by atoms with Gasteiger partial charge in [-0.2, -0.15) is 0 Å². The van der Waals surface area contributed by atoms with E-state index in [0.717, 1.165) is 28.3 Å². The number of rotatable bonds is 6. The van der Waals surface area contributed by atoms with Crippen LogP contribution >= 0.6 is 23.2 Å². The predicted molar refractivity (Wildman–Crippen MR) is 123 cm³/mol. The van der Waals surface area contributed by atoms with Crippen LogP contribution in [0.1, 0.15) is 43.2 Å². The number of amides is 1. The Morgan fingerprint density at radius 1 is 1.03 bits per heavy atom. The molecule has 0 unspecified atom stereocenters. The fraction of sp³-hybridized carbons (Fsp3) is 0.375. The second kappa shape index (κ2) is 11.5. The number of anilines is 1. The quantitative estimate of drug-likeness (QED) is 0.328. The minimum absolute atomic E-state index is 0. The van der Waals surface area contributed by atoms with E-state index in [1.165, 1.54) is 43.7 Å². The van der Waals surface area contributed by atoms with Gasteiger partial charge >= 0.3 is 0 Å². The van der Waals surface area contributed by atoms with Crippen LogP contribution in [0.5, 0.6) is 0 Å². The highest BCUT2D eigenvalue weighted by molar-refractivity contribution is 6.42. The maximum atomic E-state index is 12.2. The van der Waals surface area contributed by atoms with Crippen molar-refractivity contribution in [1.29, 1.82) is 0 Å². The van der Waals surface area contributed by atoms with Crippen molar-refractivity contribution in [2.24, 2.45) is 0 Å². The highest BCUT2D eigenvalue weighted by Crippen LogP contribution is 2.28. The molecule has 0 radical (unpaired) electrons. The number of carbonyl (C=O) groups excluding carboxylic acids is 1. The maximum absolute atomic E-state index is 12.2. The molecule has 6 heteroatoms. The van der Waals surface area contributed by atoms with Gasteiger partial charge in [-0.05, 0) is 61.6 Å². The lowest BCUT2D eigenvalue weighted by Crippen LogP contribution is -3.00. The molecule has 0 heterocycles. The van der Waals surface area contributed by atoms with Gasteiger partial charge < -0.3 is 33.8 Å². The van der Waals surface area contributed by atoms with E-state index in [4.69, 9.17) is 23.2 Å². The number of hydrogen-bond donors (Lipinski definition) is 1. The Kier molecular flexibility index (Phi) is 9.67. The normalized spacial score (nSPS) is 15.1. The van der Waals surface area contributed by atoms with E-state index in [9.17, 15) is 4.79 Å². The van der Waals surface area contributed by atoms with Crippen molar-refractivity contribution in [2.45, 2.75) is 44.7 Å². The number of nitrogens with zero attached hydrogens (tertiary/aromatic N) is 1. The van der Waals surface area contributed by atoms with E-state index >= 15 is 0 Å². The highest BCUT2D eigenvalue weighted by atomic mass is 127. The molecule has 0 saturated heterocycles. The Labute approximate surface area is 207 Å². The molecule has 1 aliphatic carbocycles. The summed E-state index contributed by atoms with van der Waals surface area (Å²) in [6, 6.07) is 14.2. The molecule has 1 aliphatic rings. The molecule has 0 aromatic heterocycles. The van der Waals surface area contributed by atoms with E-state index in [-0.39, 0.29) is 29.9 Å². The average molecular weight is 559 g/mol. The van der Waals surface area contributed by atoms with Gasteiger partial charge in [0.2, 0.25) is 5.91 Å². The number of hydrogen-bond acceptors (Lipinski definition) is 1. The van der Waals surface area contributed by atoms with Crippen molar-refractivity contribution >= 4 is 40.9 Å². The molecule has 1 N–H and O–H groups in total. The van der Waals surface area contributed by atoms with Crippen molar-refractivity contribution in [3.05, 3.63) is 69.7 Å². The summed E-state index contributed by atoms with van der Waals surface area (Å²) in [6.45, 7) is 1.01. The number of nitrogens with one attached hydrogen (secondary N) is 1. The van der Waals surface area contributed by atoms with Gasteiger partial charge in [-0.25, -0.2) is 0 Å². The zero-order valence-electron chi connectivity index (χ0n) is 17.5. The summed E-state index contributed by atoms with van der Waals surface area (Å²) in [5.74, 6) is -0.179. The first-order valence-corrected chi connectivity index (χ1v) is 10.9. The molecule has 0 aliphatic heterocycles. The van der Waals surface area contributed by atoms with Gasteiger partial charge in [-0.3, -0.25) is 4.79 Å². The standard InChI is InChI=1S/C24H28Cl2N2O.HI/c1-28(2,21-6-4-3-5-7-21)17-19-8-12-20(13-9-19)27-24(29)15-11-18-10-14-22(25)23(26)16-18;/h8-16,21H,3-7,17H2,1-2H3;1H. The van der Waals surface area contributed by atoms with Crippen molar-refractivity contribution in [3.8, 4) is 0 Å². The van der Waals surface area contributed by atoms with E-state index in [1.807, 2.05) is 18.2 Å². The molecule has 1 amide bonds. The first-order chi connectivity index (χ1) is 13.8. The lowest BCUT2D eigenvalue weighted by atomic mass is 9.92. The van der Waals surface area contributed by atoms with Crippen LogP contribution in [0.15, 0.2) is 48.5 Å². The predicted octanol–water partition coefficient (Wildman–Crippen LogP) is 3.56. The van der Waals surface area contributed by atoms with Gasteiger partial charge in [-0.15, -0.1) is 0 Å². The summed E-state index contributed by atoms with van der Waals surface area (Å²) in [5.41, 5.74) is 2.91. The van der Waals surface area contributed by atoms with E-state index < -0.39 is 0 Å². The van der Waals surface area contributed by atoms with Crippen molar-refractivity contribution in [2.75, 3.05) is 19.4 Å². The highest BCUT2D eigenvalue weighted by Gasteiger charge is 2.29. The minimum atomic E-state index is -0.179. The van der Waals surface area contributed by atoms with Crippen LogP contribution in [0.3, 0.4) is 0 Å². The first kappa shape index (κ1) is 25.2. The van der Waals surface area contributed by atoms with Gasteiger partial charge in [0.05, 0.1) is 30.2 Å². The van der Waals surface area contributed by atoms with Crippen LogP contribution in [0.4, 0.5) is 5.69 Å². The van der Waals surface area contributed by atoms with Crippen LogP contribution < -0.4 is 29.3 Å². The molecule has 1 fully saturated rings. The Bertz CT molecular complexity index is 875. The van der Waals surface area contributed by atoms with Crippen LogP contribution in [-0.2, 0) is 11.3 Å². The number of carbonyl (C=O) groups is 1. The molecule has 3 rings (SSSR count). The summed E-state index contributed by atoms with van der Waals surface area (Å²) >= 11 is 11.9. The fourth-order valence-corrected chi connectivity index (χ4v) is 4.35. The smallest absolute Gasteiger partial charge is 0.248 e. The van der Waals surface area contributed by atoms with Crippen LogP contribution in [-0.4, -0.2) is 30.5 Å². The molecule has 30 heavy (non-hydrogen) atoms. The largest absolute Gasteiger partial charge is 1.00 e. The van der Waals surface area contributed by atoms with Gasteiger partial charge in [0.15, 0.2) is 0 Å². The molecular weight excluding hydrogens is 530 g/mol. The third kappa shape index (κ3) is 7.26. The number of benzene rings is 2. The molecule has 3 nitrogen and oxygen atoms in total. The van der Waals surface area contributed by atoms with E-state index in [2.05, 4.69) is 31.5 Å². The van der Waals surface area contributed by atoms with Gasteiger partial charge in [0, 0.05) is 17.3 Å². The van der Waals surface area contributed by atoms with Gasteiger partial charge in [0.1, 0.15) is 6.54 Å². The van der Waals surface area contributed by atoms with Crippen molar-refractivity contribution in [1.82, 2.24) is 0 Å². The monoisotopic (exact) mass is 558 g/mol. The molecule has 162 valence electrons. The Hall–Kier alpha value is -1.08. The molecule has 0 atom stereocenters. The lowest BCUT2D eigenvalue weighted by Gasteiger charge is -2.40. The number of quaternary nitrogens is 1. The summed E-state index contributed by atoms with van der Waals surface area (Å²) < 4.78 is 1.03. The van der Waals surface area contributed by atoms with Gasteiger partial charge in [-0.1, -0.05) is 47.8 Å². The third-order valence-electron chi connectivity index (χ3n) is 5.75. The summed E-state index contributed by atoms with van der Waals surface area (Å²) in [5, 5.41) is 3.87. The number of halogens is 3. The molecule has 1 saturated carbocycles. The molecular formula is C24H29Cl2IN2O. The van der Waals surface area contributed by atoms with E-state index in [1.54, 1.807) is 18.2 Å². The summed E-state index contributed by atoms with van der Waals surface area (Å²) in [6.07, 6.45) is 9.95. The second-order valence-electron chi connectivity index (χ2n) is 8.42. The SMILES string of the molecule is C[N+](C)(Cc1ccc(NC(=O)C=Cc2ccc(Cl)c(Cl)c2)cc1)C1CCCCC1.[I-]. The van der Waals surface area contributed by atoms with Gasteiger partial charge in [0.25, 0.3) is 0 Å². The first-order valence-electron chi connectivity index (χ1n) is 10.2. The maximum Gasteiger partial charge on any atom is 0.248 e.